The van der Waals surface area contributed by atoms with Crippen LogP contribution in [-0.4, -0.2) is 9.72 Å². The minimum absolute atomic E-state index is 0.122. The maximum Gasteiger partial charge on any atom is 0.269 e. The predicted molar refractivity (Wildman–Crippen MR) is 85.9 cm³/mol. The first-order chi connectivity index (χ1) is 11.1. The molecule has 0 spiro atoms. The van der Waals surface area contributed by atoms with E-state index in [1.807, 2.05) is 50.2 Å². The van der Waals surface area contributed by atoms with Crippen LogP contribution in [0, 0.1) is 25.2 Å². The summed E-state index contributed by atoms with van der Waals surface area (Å²) in [6, 6.07) is 14.9. The SMILES string of the molecule is Cc1noc(C)c1Cn1c(-c2ccccc2)ccc(C#N)c1=O. The van der Waals surface area contributed by atoms with Crippen molar-refractivity contribution >= 4 is 0 Å². The van der Waals surface area contributed by atoms with E-state index >= 15 is 0 Å². The number of hydrogen-bond acceptors (Lipinski definition) is 4. The Hall–Kier alpha value is -3.13. The van der Waals surface area contributed by atoms with Gasteiger partial charge in [0.15, 0.2) is 0 Å². The lowest BCUT2D eigenvalue weighted by atomic mass is 10.1. The van der Waals surface area contributed by atoms with E-state index in [-0.39, 0.29) is 11.1 Å². The lowest BCUT2D eigenvalue weighted by Gasteiger charge is -2.13. The lowest BCUT2D eigenvalue weighted by molar-refractivity contribution is 0.392. The smallest absolute Gasteiger partial charge is 0.269 e. The molecule has 5 heteroatoms. The molecule has 0 saturated carbocycles. The Morgan fingerprint density at radius 1 is 1.17 bits per heavy atom. The summed E-state index contributed by atoms with van der Waals surface area (Å²) in [5.41, 5.74) is 3.09. The average molecular weight is 305 g/mol. The second kappa shape index (κ2) is 5.93. The Kier molecular flexibility index (Phi) is 3.82. The molecule has 0 unspecified atom stereocenters. The zero-order valence-electron chi connectivity index (χ0n) is 12.9. The van der Waals surface area contributed by atoms with Crippen LogP contribution in [0.15, 0.2) is 51.8 Å². The molecule has 23 heavy (non-hydrogen) atoms. The summed E-state index contributed by atoms with van der Waals surface area (Å²) >= 11 is 0. The van der Waals surface area contributed by atoms with Crippen LogP contribution in [-0.2, 0) is 6.54 Å². The third-order valence-electron chi connectivity index (χ3n) is 3.86. The van der Waals surface area contributed by atoms with Crippen molar-refractivity contribution in [3.05, 3.63) is 75.4 Å². The van der Waals surface area contributed by atoms with Crippen molar-refractivity contribution in [3.8, 4) is 17.3 Å². The molecule has 114 valence electrons. The molecule has 0 atom stereocenters. The first-order valence-electron chi connectivity index (χ1n) is 7.23. The van der Waals surface area contributed by atoms with Crippen molar-refractivity contribution < 1.29 is 4.52 Å². The van der Waals surface area contributed by atoms with E-state index in [1.165, 1.54) is 0 Å². The monoisotopic (exact) mass is 305 g/mol. The first-order valence-corrected chi connectivity index (χ1v) is 7.23. The van der Waals surface area contributed by atoms with Crippen LogP contribution in [0.1, 0.15) is 22.6 Å². The van der Waals surface area contributed by atoms with Gasteiger partial charge in [-0.25, -0.2) is 0 Å². The van der Waals surface area contributed by atoms with E-state index in [0.29, 0.717) is 12.3 Å². The highest BCUT2D eigenvalue weighted by atomic mass is 16.5. The molecule has 0 fully saturated rings. The summed E-state index contributed by atoms with van der Waals surface area (Å²) in [4.78, 5) is 12.6. The summed E-state index contributed by atoms with van der Waals surface area (Å²) in [5.74, 6) is 0.677. The number of pyridine rings is 1. The lowest BCUT2D eigenvalue weighted by Crippen LogP contribution is -2.25. The fourth-order valence-corrected chi connectivity index (χ4v) is 2.57. The van der Waals surface area contributed by atoms with Gasteiger partial charge in [-0.1, -0.05) is 35.5 Å². The van der Waals surface area contributed by atoms with Gasteiger partial charge < -0.3 is 9.09 Å². The van der Waals surface area contributed by atoms with Crippen LogP contribution in [0.4, 0.5) is 0 Å². The Morgan fingerprint density at radius 3 is 2.52 bits per heavy atom. The van der Waals surface area contributed by atoms with Gasteiger partial charge in [0.2, 0.25) is 0 Å². The topological polar surface area (TPSA) is 71.8 Å². The van der Waals surface area contributed by atoms with Crippen molar-refractivity contribution in [2.24, 2.45) is 0 Å². The van der Waals surface area contributed by atoms with Gasteiger partial charge in [0.05, 0.1) is 17.9 Å². The summed E-state index contributed by atoms with van der Waals surface area (Å²) in [6.07, 6.45) is 0. The largest absolute Gasteiger partial charge is 0.361 e. The van der Waals surface area contributed by atoms with Crippen LogP contribution in [0.5, 0.6) is 0 Å². The highest BCUT2D eigenvalue weighted by Gasteiger charge is 2.15. The van der Waals surface area contributed by atoms with Gasteiger partial charge in [0.25, 0.3) is 5.56 Å². The Bertz CT molecular complexity index is 927. The van der Waals surface area contributed by atoms with E-state index in [4.69, 9.17) is 9.78 Å². The Morgan fingerprint density at radius 2 is 1.91 bits per heavy atom. The fraction of sp³-hybridized carbons (Fsp3) is 0.167. The standard InChI is InChI=1S/C18H15N3O2/c1-12-16(13(2)23-20-12)11-21-17(14-6-4-3-5-7-14)9-8-15(10-19)18(21)22/h3-9H,11H2,1-2H3. The van der Waals surface area contributed by atoms with Gasteiger partial charge in [-0.2, -0.15) is 5.26 Å². The van der Waals surface area contributed by atoms with Gasteiger partial charge in [-0.05, 0) is 31.5 Å². The zero-order valence-corrected chi connectivity index (χ0v) is 12.9. The number of nitriles is 1. The van der Waals surface area contributed by atoms with Crippen LogP contribution in [0.2, 0.25) is 0 Å². The molecule has 3 aromatic rings. The summed E-state index contributed by atoms with van der Waals surface area (Å²) < 4.78 is 6.78. The molecule has 0 aliphatic rings. The van der Waals surface area contributed by atoms with Crippen molar-refractivity contribution in [2.45, 2.75) is 20.4 Å². The van der Waals surface area contributed by atoms with Gasteiger partial charge in [-0.15, -0.1) is 0 Å². The van der Waals surface area contributed by atoms with E-state index in [0.717, 1.165) is 22.5 Å². The Balaban J connectivity index is 2.21. The summed E-state index contributed by atoms with van der Waals surface area (Å²) in [7, 11) is 0. The van der Waals surface area contributed by atoms with Crippen LogP contribution in [0.3, 0.4) is 0 Å². The minimum atomic E-state index is -0.311. The molecule has 0 saturated heterocycles. The number of aryl methyl sites for hydroxylation is 2. The second-order valence-corrected chi connectivity index (χ2v) is 5.30. The second-order valence-electron chi connectivity index (χ2n) is 5.30. The van der Waals surface area contributed by atoms with Crippen LogP contribution >= 0.6 is 0 Å². The molecule has 0 radical (unpaired) electrons. The first kappa shape index (κ1) is 14.8. The molecule has 0 amide bonds. The number of nitrogens with zero attached hydrogens (tertiary/aromatic N) is 3. The third kappa shape index (κ3) is 2.67. The molecule has 0 N–H and O–H groups in total. The number of aromatic nitrogens is 2. The van der Waals surface area contributed by atoms with Crippen molar-refractivity contribution in [1.29, 1.82) is 5.26 Å². The molecule has 1 aromatic carbocycles. The third-order valence-corrected chi connectivity index (χ3v) is 3.86. The average Bonchev–Trinajstić information content (AvgIpc) is 2.89. The van der Waals surface area contributed by atoms with Crippen molar-refractivity contribution in [2.75, 3.05) is 0 Å². The molecule has 3 rings (SSSR count). The number of hydrogen-bond donors (Lipinski definition) is 0. The molecular weight excluding hydrogens is 290 g/mol. The zero-order chi connectivity index (χ0) is 16.4. The molecule has 2 aromatic heterocycles. The molecule has 0 aliphatic heterocycles. The predicted octanol–water partition coefficient (Wildman–Crippen LogP) is 3.04. The number of benzene rings is 1. The van der Waals surface area contributed by atoms with Crippen molar-refractivity contribution in [1.82, 2.24) is 9.72 Å². The number of rotatable bonds is 3. The van der Waals surface area contributed by atoms with Gasteiger partial charge in [0.1, 0.15) is 17.4 Å². The fourth-order valence-electron chi connectivity index (χ4n) is 2.57. The molecular formula is C18H15N3O2. The van der Waals surface area contributed by atoms with E-state index in [1.54, 1.807) is 16.7 Å². The summed E-state index contributed by atoms with van der Waals surface area (Å²) in [6.45, 7) is 3.98. The van der Waals surface area contributed by atoms with Gasteiger partial charge in [-0.3, -0.25) is 4.79 Å². The normalized spacial score (nSPS) is 10.5. The minimum Gasteiger partial charge on any atom is -0.361 e. The van der Waals surface area contributed by atoms with Crippen LogP contribution < -0.4 is 5.56 Å². The van der Waals surface area contributed by atoms with Crippen molar-refractivity contribution in [3.63, 3.8) is 0 Å². The summed E-state index contributed by atoms with van der Waals surface area (Å²) in [5, 5.41) is 13.1. The molecule has 0 aliphatic carbocycles. The van der Waals surface area contributed by atoms with E-state index in [9.17, 15) is 4.79 Å². The maximum atomic E-state index is 12.6. The van der Waals surface area contributed by atoms with Gasteiger partial charge in [0, 0.05) is 5.56 Å². The quantitative estimate of drug-likeness (QED) is 0.745. The molecule has 2 heterocycles. The van der Waals surface area contributed by atoms with Gasteiger partial charge >= 0.3 is 0 Å². The highest BCUT2D eigenvalue weighted by Crippen LogP contribution is 2.21. The Labute approximate surface area is 133 Å². The van der Waals surface area contributed by atoms with E-state index < -0.39 is 0 Å². The maximum absolute atomic E-state index is 12.6. The van der Waals surface area contributed by atoms with E-state index in [2.05, 4.69) is 5.16 Å². The molecule has 0 bridgehead atoms. The molecule has 5 nitrogen and oxygen atoms in total. The highest BCUT2D eigenvalue weighted by molar-refractivity contribution is 5.60. The van der Waals surface area contributed by atoms with Crippen LogP contribution in [0.25, 0.3) is 11.3 Å².